The van der Waals surface area contributed by atoms with E-state index in [1.165, 1.54) is 0 Å². The maximum atomic E-state index is 5.40. The van der Waals surface area contributed by atoms with Gasteiger partial charge in [-0.05, 0) is 12.1 Å². The van der Waals surface area contributed by atoms with Crippen LogP contribution in [0, 0.1) is 5.92 Å². The molecule has 4 heteroatoms. The van der Waals surface area contributed by atoms with Crippen molar-refractivity contribution in [3.8, 4) is 5.75 Å². The third-order valence-electron chi connectivity index (χ3n) is 2.34. The standard InChI is InChI=1S/C14H23N2O.HI/c1-11(2)14(15-16(3,4)5)12-9-7-8-10-13(12)17-6;/h7-11H,1-6H3;1H/q+1;/p-1/b15-14+;. The van der Waals surface area contributed by atoms with Gasteiger partial charge in [-0.2, -0.15) is 0 Å². The molecule has 0 aliphatic carbocycles. The van der Waals surface area contributed by atoms with Gasteiger partial charge in [0.25, 0.3) is 0 Å². The van der Waals surface area contributed by atoms with Crippen molar-refractivity contribution < 1.29 is 33.3 Å². The lowest BCUT2D eigenvalue weighted by Gasteiger charge is -2.20. The van der Waals surface area contributed by atoms with E-state index in [0.29, 0.717) is 10.5 Å². The van der Waals surface area contributed by atoms with Gasteiger partial charge in [0.15, 0.2) is 0 Å². The van der Waals surface area contributed by atoms with E-state index >= 15 is 0 Å². The van der Waals surface area contributed by atoms with E-state index < -0.39 is 0 Å². The normalized spacial score (nSPS) is 12.3. The highest BCUT2D eigenvalue weighted by molar-refractivity contribution is 6.03. The van der Waals surface area contributed by atoms with Crippen LogP contribution in [-0.2, 0) is 0 Å². The first-order valence-corrected chi connectivity index (χ1v) is 5.90. The van der Waals surface area contributed by atoms with Gasteiger partial charge in [-0.1, -0.05) is 31.1 Å². The maximum absolute atomic E-state index is 5.40. The molecular formula is C14H23IN2O. The largest absolute Gasteiger partial charge is 1.00 e. The molecule has 0 heterocycles. The highest BCUT2D eigenvalue weighted by Crippen LogP contribution is 2.22. The SMILES string of the molecule is COc1ccccc1/C(=N/[N+](C)(C)C)C(C)C.[I-]. The molecule has 0 spiro atoms. The zero-order chi connectivity index (χ0) is 13.1. The summed E-state index contributed by atoms with van der Waals surface area (Å²) >= 11 is 0. The van der Waals surface area contributed by atoms with Crippen molar-refractivity contribution in [2.24, 2.45) is 11.0 Å². The Hall–Kier alpha value is -0.620. The van der Waals surface area contributed by atoms with Gasteiger partial charge in [-0.25, -0.2) is 4.59 Å². The number of rotatable bonds is 4. The van der Waals surface area contributed by atoms with Crippen molar-refractivity contribution >= 4 is 5.71 Å². The molecule has 0 atom stereocenters. The first-order chi connectivity index (χ1) is 7.85. The molecule has 0 amide bonds. The van der Waals surface area contributed by atoms with E-state index in [-0.39, 0.29) is 24.0 Å². The number of methoxy groups -OCH3 is 1. The van der Waals surface area contributed by atoms with E-state index in [9.17, 15) is 0 Å². The fraction of sp³-hybridized carbons (Fsp3) is 0.500. The smallest absolute Gasteiger partial charge is 0.128 e. The molecule has 0 aliphatic rings. The second kappa shape index (κ2) is 7.09. The zero-order valence-electron chi connectivity index (χ0n) is 12.1. The summed E-state index contributed by atoms with van der Waals surface area (Å²) in [4.78, 5) is 0. The first-order valence-electron chi connectivity index (χ1n) is 5.90. The van der Waals surface area contributed by atoms with Gasteiger partial charge in [-0.3, -0.25) is 0 Å². The number of benzene rings is 1. The summed E-state index contributed by atoms with van der Waals surface area (Å²) in [6, 6.07) is 8.04. The molecule has 0 aliphatic heterocycles. The summed E-state index contributed by atoms with van der Waals surface area (Å²) < 4.78 is 5.96. The van der Waals surface area contributed by atoms with E-state index in [4.69, 9.17) is 9.84 Å². The van der Waals surface area contributed by atoms with E-state index in [0.717, 1.165) is 17.0 Å². The summed E-state index contributed by atoms with van der Waals surface area (Å²) in [5, 5.41) is 4.76. The molecule has 0 radical (unpaired) electrons. The lowest BCUT2D eigenvalue weighted by Crippen LogP contribution is -3.00. The van der Waals surface area contributed by atoms with Crippen molar-refractivity contribution in [3.05, 3.63) is 29.8 Å². The van der Waals surface area contributed by atoms with Crippen LogP contribution in [0.15, 0.2) is 29.4 Å². The van der Waals surface area contributed by atoms with E-state index in [1.54, 1.807) is 7.11 Å². The quantitative estimate of drug-likeness (QED) is 0.314. The lowest BCUT2D eigenvalue weighted by atomic mass is 9.99. The fourth-order valence-corrected chi connectivity index (χ4v) is 1.66. The average molecular weight is 362 g/mol. The molecular weight excluding hydrogens is 339 g/mol. The van der Waals surface area contributed by atoms with Crippen LogP contribution in [0.4, 0.5) is 0 Å². The molecule has 102 valence electrons. The highest BCUT2D eigenvalue weighted by Gasteiger charge is 2.18. The predicted molar refractivity (Wildman–Crippen MR) is 72.4 cm³/mol. The Kier molecular flexibility index (Phi) is 6.84. The molecule has 0 aromatic heterocycles. The van der Waals surface area contributed by atoms with Crippen LogP contribution < -0.4 is 28.7 Å². The van der Waals surface area contributed by atoms with Crippen molar-refractivity contribution in [2.45, 2.75) is 13.8 Å². The molecule has 1 rings (SSSR count). The minimum atomic E-state index is 0. The molecule has 1 aromatic rings. The Labute approximate surface area is 127 Å². The summed E-state index contributed by atoms with van der Waals surface area (Å²) in [6.45, 7) is 4.31. The number of nitrogens with zero attached hydrogens (tertiary/aromatic N) is 2. The van der Waals surface area contributed by atoms with Crippen molar-refractivity contribution in [3.63, 3.8) is 0 Å². The minimum absolute atomic E-state index is 0. The van der Waals surface area contributed by atoms with Gasteiger partial charge in [0.05, 0.1) is 28.3 Å². The summed E-state index contributed by atoms with van der Waals surface area (Å²) in [5.74, 6) is 1.25. The maximum Gasteiger partial charge on any atom is 0.128 e. The Morgan fingerprint density at radius 3 is 2.17 bits per heavy atom. The van der Waals surface area contributed by atoms with Crippen LogP contribution in [-0.4, -0.2) is 38.6 Å². The number of para-hydroxylation sites is 1. The Morgan fingerprint density at radius 2 is 1.72 bits per heavy atom. The molecule has 0 fully saturated rings. The van der Waals surface area contributed by atoms with E-state index in [2.05, 4.69) is 41.1 Å². The van der Waals surface area contributed by atoms with E-state index in [1.807, 2.05) is 18.2 Å². The van der Waals surface area contributed by atoms with Crippen LogP contribution in [0.3, 0.4) is 0 Å². The zero-order valence-corrected chi connectivity index (χ0v) is 14.2. The van der Waals surface area contributed by atoms with Gasteiger partial charge < -0.3 is 28.7 Å². The molecule has 0 bridgehead atoms. The third-order valence-corrected chi connectivity index (χ3v) is 2.34. The second-order valence-corrected chi connectivity index (χ2v) is 5.28. The molecule has 3 nitrogen and oxygen atoms in total. The molecule has 0 unspecified atom stereocenters. The summed E-state index contributed by atoms with van der Waals surface area (Å²) in [7, 11) is 7.86. The predicted octanol–water partition coefficient (Wildman–Crippen LogP) is -0.234. The van der Waals surface area contributed by atoms with Gasteiger partial charge in [0, 0.05) is 11.5 Å². The van der Waals surface area contributed by atoms with Gasteiger partial charge in [-0.15, -0.1) is 0 Å². The van der Waals surface area contributed by atoms with Crippen LogP contribution >= 0.6 is 0 Å². The topological polar surface area (TPSA) is 21.6 Å². The Balaban J connectivity index is 0.00000289. The van der Waals surface area contributed by atoms with Crippen LogP contribution in [0.25, 0.3) is 0 Å². The lowest BCUT2D eigenvalue weighted by molar-refractivity contribution is -0.877. The Morgan fingerprint density at radius 1 is 1.17 bits per heavy atom. The number of ether oxygens (including phenoxy) is 1. The molecule has 0 N–H and O–H groups in total. The fourth-order valence-electron chi connectivity index (χ4n) is 1.66. The molecule has 0 saturated heterocycles. The van der Waals surface area contributed by atoms with Crippen LogP contribution in [0.1, 0.15) is 19.4 Å². The first kappa shape index (κ1) is 17.4. The third kappa shape index (κ3) is 4.94. The Bertz CT molecular complexity index is 409. The number of hydrogen-bond acceptors (Lipinski definition) is 2. The molecule has 0 saturated carbocycles. The number of quaternary nitrogens is 1. The summed E-state index contributed by atoms with van der Waals surface area (Å²) in [5.41, 5.74) is 2.16. The van der Waals surface area contributed by atoms with Crippen molar-refractivity contribution in [1.82, 2.24) is 0 Å². The van der Waals surface area contributed by atoms with Crippen molar-refractivity contribution in [2.75, 3.05) is 28.3 Å². The monoisotopic (exact) mass is 362 g/mol. The van der Waals surface area contributed by atoms with Gasteiger partial charge in [0.1, 0.15) is 11.5 Å². The molecule has 1 aromatic carbocycles. The second-order valence-electron chi connectivity index (χ2n) is 5.28. The molecule has 18 heavy (non-hydrogen) atoms. The van der Waals surface area contributed by atoms with Crippen LogP contribution in [0.2, 0.25) is 0 Å². The summed E-state index contributed by atoms with van der Waals surface area (Å²) in [6.07, 6.45) is 0. The number of halogens is 1. The highest BCUT2D eigenvalue weighted by atomic mass is 127. The van der Waals surface area contributed by atoms with Crippen molar-refractivity contribution in [1.29, 1.82) is 0 Å². The average Bonchev–Trinajstić information content (AvgIpc) is 2.24. The number of hydrogen-bond donors (Lipinski definition) is 0. The van der Waals surface area contributed by atoms with Gasteiger partial charge in [0.2, 0.25) is 0 Å². The minimum Gasteiger partial charge on any atom is -1.00 e. The van der Waals surface area contributed by atoms with Gasteiger partial charge >= 0.3 is 0 Å². The van der Waals surface area contributed by atoms with Crippen LogP contribution in [0.5, 0.6) is 5.75 Å².